The molecule has 2 rings (SSSR count). The van der Waals surface area contributed by atoms with Crippen LogP contribution in [0.5, 0.6) is 0 Å². The van der Waals surface area contributed by atoms with E-state index in [4.69, 9.17) is 10.5 Å². The summed E-state index contributed by atoms with van der Waals surface area (Å²) in [6, 6.07) is 0.309. The molecule has 8 nitrogen and oxygen atoms in total. The quantitative estimate of drug-likeness (QED) is 0.458. The van der Waals surface area contributed by atoms with Gasteiger partial charge in [-0.05, 0) is 25.7 Å². The summed E-state index contributed by atoms with van der Waals surface area (Å²) in [4.78, 5) is 10.4. The van der Waals surface area contributed by atoms with Crippen molar-refractivity contribution in [2.24, 2.45) is 12.8 Å². The molecule has 1 aliphatic rings. The standard InChI is InChI=1S/C12H21N5O3/c1-16-8-11(17(18)19)12(15-16)14-6-7-20-10-4-2-9(13)3-5-10/h8-10H,2-7,13H2,1H3,(H,14,15). The van der Waals surface area contributed by atoms with Crippen molar-refractivity contribution in [1.82, 2.24) is 9.78 Å². The zero-order valence-corrected chi connectivity index (χ0v) is 11.6. The van der Waals surface area contributed by atoms with E-state index < -0.39 is 4.92 Å². The van der Waals surface area contributed by atoms with Gasteiger partial charge in [0.1, 0.15) is 6.20 Å². The lowest BCUT2D eigenvalue weighted by molar-refractivity contribution is -0.384. The lowest BCUT2D eigenvalue weighted by Gasteiger charge is -2.26. The summed E-state index contributed by atoms with van der Waals surface area (Å²) in [5.41, 5.74) is 5.82. The van der Waals surface area contributed by atoms with Crippen molar-refractivity contribution in [3.8, 4) is 0 Å². The molecule has 0 radical (unpaired) electrons. The van der Waals surface area contributed by atoms with Crippen LogP contribution in [0.25, 0.3) is 0 Å². The maximum Gasteiger partial charge on any atom is 0.330 e. The fourth-order valence-corrected chi connectivity index (χ4v) is 2.39. The molecule has 0 spiro atoms. The molecule has 0 amide bonds. The molecule has 1 heterocycles. The van der Waals surface area contributed by atoms with Gasteiger partial charge in [0.2, 0.25) is 5.82 Å². The normalized spacial score (nSPS) is 22.7. The molecule has 1 fully saturated rings. The maximum atomic E-state index is 10.8. The highest BCUT2D eigenvalue weighted by atomic mass is 16.6. The highest BCUT2D eigenvalue weighted by Gasteiger charge is 2.20. The first-order valence-electron chi connectivity index (χ1n) is 6.85. The van der Waals surface area contributed by atoms with Crippen LogP contribution in [-0.4, -0.2) is 40.0 Å². The molecule has 0 saturated heterocycles. The number of ether oxygens (including phenoxy) is 1. The molecule has 1 aromatic heterocycles. The number of nitrogens with one attached hydrogen (secondary N) is 1. The Balaban J connectivity index is 1.72. The van der Waals surface area contributed by atoms with E-state index >= 15 is 0 Å². The van der Waals surface area contributed by atoms with E-state index in [1.807, 2.05) is 0 Å². The van der Waals surface area contributed by atoms with Crippen LogP contribution in [0.3, 0.4) is 0 Å². The van der Waals surface area contributed by atoms with Gasteiger partial charge in [-0.3, -0.25) is 14.8 Å². The van der Waals surface area contributed by atoms with Crippen molar-refractivity contribution in [2.75, 3.05) is 18.5 Å². The summed E-state index contributed by atoms with van der Waals surface area (Å²) in [6.07, 6.45) is 5.63. The number of nitrogens with zero attached hydrogens (tertiary/aromatic N) is 3. The van der Waals surface area contributed by atoms with Gasteiger partial charge in [-0.1, -0.05) is 0 Å². The van der Waals surface area contributed by atoms with E-state index in [2.05, 4.69) is 10.4 Å². The third-order valence-corrected chi connectivity index (χ3v) is 3.47. The van der Waals surface area contributed by atoms with Gasteiger partial charge in [-0.15, -0.1) is 5.10 Å². The lowest BCUT2D eigenvalue weighted by Crippen LogP contribution is -2.31. The van der Waals surface area contributed by atoms with Crippen molar-refractivity contribution >= 4 is 11.5 Å². The maximum absolute atomic E-state index is 10.8. The third kappa shape index (κ3) is 3.91. The number of anilines is 1. The Labute approximate surface area is 117 Å². The molecule has 1 saturated carbocycles. The summed E-state index contributed by atoms with van der Waals surface area (Å²) in [5, 5.41) is 17.8. The van der Waals surface area contributed by atoms with E-state index in [-0.39, 0.29) is 17.6 Å². The van der Waals surface area contributed by atoms with Crippen LogP contribution in [0.2, 0.25) is 0 Å². The number of nitro groups is 1. The van der Waals surface area contributed by atoms with E-state index in [9.17, 15) is 10.1 Å². The molecule has 0 aromatic carbocycles. The Kier molecular flexibility index (Phi) is 4.91. The van der Waals surface area contributed by atoms with Crippen molar-refractivity contribution in [3.63, 3.8) is 0 Å². The predicted octanol–water partition coefficient (Wildman–Crippen LogP) is 1.03. The number of hydrogen-bond donors (Lipinski definition) is 2. The van der Waals surface area contributed by atoms with Crippen LogP contribution in [0.4, 0.5) is 11.5 Å². The number of aryl methyl sites for hydroxylation is 1. The SMILES string of the molecule is Cn1cc([N+](=O)[O-])c(NCCOC2CCC(N)CC2)n1. The van der Waals surface area contributed by atoms with Gasteiger partial charge in [-0.2, -0.15) is 0 Å². The number of aromatic nitrogens is 2. The van der Waals surface area contributed by atoms with E-state index in [1.54, 1.807) is 7.05 Å². The minimum absolute atomic E-state index is 0.0175. The lowest BCUT2D eigenvalue weighted by atomic mass is 9.94. The minimum atomic E-state index is -0.446. The smallest absolute Gasteiger partial charge is 0.330 e. The van der Waals surface area contributed by atoms with Crippen molar-refractivity contribution < 1.29 is 9.66 Å². The molecule has 8 heteroatoms. The van der Waals surface area contributed by atoms with Crippen LogP contribution in [0.15, 0.2) is 6.20 Å². The second-order valence-electron chi connectivity index (χ2n) is 5.13. The first kappa shape index (κ1) is 14.7. The van der Waals surface area contributed by atoms with Gasteiger partial charge in [-0.25, -0.2) is 0 Å². The van der Waals surface area contributed by atoms with Crippen LogP contribution in [0.1, 0.15) is 25.7 Å². The highest BCUT2D eigenvalue weighted by molar-refractivity contribution is 5.54. The molecule has 112 valence electrons. The van der Waals surface area contributed by atoms with Gasteiger partial charge in [0, 0.05) is 19.6 Å². The zero-order chi connectivity index (χ0) is 14.5. The second-order valence-corrected chi connectivity index (χ2v) is 5.13. The van der Waals surface area contributed by atoms with Crippen LogP contribution in [0, 0.1) is 10.1 Å². The molecular weight excluding hydrogens is 262 g/mol. The van der Waals surface area contributed by atoms with Gasteiger partial charge >= 0.3 is 5.69 Å². The number of hydrogen-bond acceptors (Lipinski definition) is 6. The summed E-state index contributed by atoms with van der Waals surface area (Å²) in [7, 11) is 1.65. The molecule has 0 atom stereocenters. The molecule has 20 heavy (non-hydrogen) atoms. The monoisotopic (exact) mass is 283 g/mol. The summed E-state index contributed by atoms with van der Waals surface area (Å²) < 4.78 is 7.16. The Hall–Kier alpha value is -1.67. The molecule has 0 bridgehead atoms. The predicted molar refractivity (Wildman–Crippen MR) is 74.5 cm³/mol. The van der Waals surface area contributed by atoms with Crippen LogP contribution in [-0.2, 0) is 11.8 Å². The summed E-state index contributed by atoms with van der Waals surface area (Å²) in [5.74, 6) is 0.284. The van der Waals surface area contributed by atoms with Gasteiger partial charge < -0.3 is 15.8 Å². The third-order valence-electron chi connectivity index (χ3n) is 3.47. The molecule has 1 aliphatic carbocycles. The zero-order valence-electron chi connectivity index (χ0n) is 11.6. The first-order chi connectivity index (χ1) is 9.56. The molecule has 0 aliphatic heterocycles. The van der Waals surface area contributed by atoms with Crippen molar-refractivity contribution in [3.05, 3.63) is 16.3 Å². The Morgan fingerprint density at radius 3 is 2.90 bits per heavy atom. The molecular formula is C12H21N5O3. The highest BCUT2D eigenvalue weighted by Crippen LogP contribution is 2.22. The van der Waals surface area contributed by atoms with Crippen molar-refractivity contribution in [1.29, 1.82) is 0 Å². The number of nitrogens with two attached hydrogens (primary N) is 1. The molecule has 0 unspecified atom stereocenters. The largest absolute Gasteiger partial charge is 0.376 e. The van der Waals surface area contributed by atoms with Crippen LogP contribution >= 0.6 is 0 Å². The van der Waals surface area contributed by atoms with E-state index in [0.717, 1.165) is 25.7 Å². The average Bonchev–Trinajstić information content (AvgIpc) is 2.78. The van der Waals surface area contributed by atoms with Crippen LogP contribution < -0.4 is 11.1 Å². The van der Waals surface area contributed by atoms with Gasteiger partial charge in [0.15, 0.2) is 0 Å². The number of rotatable bonds is 6. The Morgan fingerprint density at radius 2 is 2.25 bits per heavy atom. The summed E-state index contributed by atoms with van der Waals surface area (Å²) >= 11 is 0. The Bertz CT molecular complexity index is 454. The average molecular weight is 283 g/mol. The second kappa shape index (κ2) is 6.67. The minimum Gasteiger partial charge on any atom is -0.376 e. The Morgan fingerprint density at radius 1 is 1.55 bits per heavy atom. The molecule has 1 aromatic rings. The van der Waals surface area contributed by atoms with Gasteiger partial charge in [0.25, 0.3) is 0 Å². The molecule has 3 N–H and O–H groups in total. The fourth-order valence-electron chi connectivity index (χ4n) is 2.39. The fraction of sp³-hybridized carbons (Fsp3) is 0.750. The van der Waals surface area contributed by atoms with E-state index in [1.165, 1.54) is 10.9 Å². The van der Waals surface area contributed by atoms with Crippen molar-refractivity contribution in [2.45, 2.75) is 37.8 Å². The topological polar surface area (TPSA) is 108 Å². The van der Waals surface area contributed by atoms with E-state index in [0.29, 0.717) is 19.2 Å². The summed E-state index contributed by atoms with van der Waals surface area (Å²) in [6.45, 7) is 1.01. The van der Waals surface area contributed by atoms with Gasteiger partial charge in [0.05, 0.1) is 17.6 Å². The first-order valence-corrected chi connectivity index (χ1v) is 6.85.